The van der Waals surface area contributed by atoms with E-state index in [1.807, 2.05) is 19.1 Å². The Morgan fingerprint density at radius 3 is 1.89 bits per heavy atom. The quantitative estimate of drug-likeness (QED) is 0.126. The molecule has 2 atom stereocenters. The molecule has 0 N–H and O–H groups in total. The molecular weight excluding hydrogens is 642 g/mol. The molecule has 0 bridgehead atoms. The van der Waals surface area contributed by atoms with E-state index in [2.05, 4.69) is 15.9 Å². The molecule has 0 spiro atoms. The fourth-order valence-electron chi connectivity index (χ4n) is 4.79. The molecule has 0 unspecified atom stereocenters. The van der Waals surface area contributed by atoms with Crippen LogP contribution in [0.2, 0.25) is 20.1 Å². The fourth-order valence-corrected chi connectivity index (χ4v) is 6.05. The van der Waals surface area contributed by atoms with Crippen molar-refractivity contribution >= 4 is 85.7 Å². The van der Waals surface area contributed by atoms with Gasteiger partial charge in [0.1, 0.15) is 17.5 Å². The van der Waals surface area contributed by atoms with Crippen molar-refractivity contribution in [1.82, 2.24) is 4.90 Å². The number of amides is 3. The summed E-state index contributed by atoms with van der Waals surface area (Å²) in [5.74, 6) is -1.15. The number of anilines is 1. The minimum atomic E-state index is -1.24. The number of aryl methyl sites for hydroxylation is 1. The zero-order chi connectivity index (χ0) is 27.6. The number of carbonyl (C=O) groups excluding carboxylic acids is 3. The third-order valence-electron chi connectivity index (χ3n) is 6.65. The molecule has 38 heavy (non-hydrogen) atoms. The molecule has 0 aliphatic carbocycles. The minimum Gasteiger partial charge on any atom is -0.497 e. The van der Waals surface area contributed by atoms with Gasteiger partial charge in [-0.1, -0.05) is 62.3 Å². The number of rotatable bonds is 5. The number of halogens is 5. The predicted molar refractivity (Wildman–Crippen MR) is 149 cm³/mol. The van der Waals surface area contributed by atoms with Crippen molar-refractivity contribution in [2.75, 3.05) is 19.1 Å². The summed E-state index contributed by atoms with van der Waals surface area (Å²) in [7, 11) is 2.99. The zero-order valence-electron chi connectivity index (χ0n) is 19.9. The largest absolute Gasteiger partial charge is 0.497 e. The van der Waals surface area contributed by atoms with Gasteiger partial charge in [0.25, 0.3) is 17.7 Å². The van der Waals surface area contributed by atoms with Crippen LogP contribution < -0.4 is 14.4 Å². The predicted octanol–water partition coefficient (Wildman–Crippen LogP) is 7.14. The second-order valence-electron chi connectivity index (χ2n) is 8.63. The maximum atomic E-state index is 13.8. The number of β-lactam (4-membered cyclic amide) rings is 1. The normalized spacial score (nSPS) is 18.6. The maximum Gasteiger partial charge on any atom is 0.264 e. The molecule has 3 aromatic rings. The molecule has 2 aliphatic heterocycles. The average molecular weight is 659 g/mol. The Hall–Kier alpha value is -2.49. The fraction of sp³-hybridized carbons (Fsp3) is 0.192. The molecular formula is C26H17BrCl4N2O5. The van der Waals surface area contributed by atoms with Crippen molar-refractivity contribution < 1.29 is 23.9 Å². The highest BCUT2D eigenvalue weighted by Gasteiger charge is 2.59. The van der Waals surface area contributed by atoms with Crippen LogP contribution in [0.4, 0.5) is 5.69 Å². The standard InChI is InChI=1S/C26H17BrCl4N2O5/c1-10-8-11(4-6-14(10)27)32-22(13-9-12(37-2)5-7-15(13)38-3)23(26(32)36)33-24(34)16-17(25(33)35)19(29)21(31)20(30)18(16)28/h4-9,22-23H,1-3H3/t22-,23+/m0/s1. The summed E-state index contributed by atoms with van der Waals surface area (Å²) in [4.78, 5) is 43.5. The van der Waals surface area contributed by atoms with Crippen molar-refractivity contribution in [3.63, 3.8) is 0 Å². The molecule has 12 heteroatoms. The Morgan fingerprint density at radius 2 is 1.37 bits per heavy atom. The van der Waals surface area contributed by atoms with E-state index in [4.69, 9.17) is 55.9 Å². The van der Waals surface area contributed by atoms with Crippen LogP contribution in [-0.4, -0.2) is 42.9 Å². The molecule has 196 valence electrons. The van der Waals surface area contributed by atoms with E-state index in [0.717, 1.165) is 14.9 Å². The van der Waals surface area contributed by atoms with Crippen LogP contribution in [-0.2, 0) is 4.79 Å². The second kappa shape index (κ2) is 9.92. The Bertz CT molecular complexity index is 1520. The van der Waals surface area contributed by atoms with Gasteiger partial charge in [-0.15, -0.1) is 0 Å². The van der Waals surface area contributed by atoms with E-state index in [1.54, 1.807) is 24.3 Å². The van der Waals surface area contributed by atoms with E-state index >= 15 is 0 Å². The molecule has 2 heterocycles. The van der Waals surface area contributed by atoms with E-state index in [0.29, 0.717) is 22.7 Å². The number of ether oxygens (including phenoxy) is 2. The first-order valence-electron chi connectivity index (χ1n) is 11.1. The number of fused-ring (bicyclic) bond motifs is 1. The molecule has 2 aliphatic rings. The van der Waals surface area contributed by atoms with E-state index in [9.17, 15) is 14.4 Å². The van der Waals surface area contributed by atoms with Gasteiger partial charge in [-0.2, -0.15) is 0 Å². The molecule has 0 aromatic heterocycles. The summed E-state index contributed by atoms with van der Waals surface area (Å²) in [6, 6.07) is 8.45. The van der Waals surface area contributed by atoms with Crippen LogP contribution >= 0.6 is 62.3 Å². The molecule has 3 aromatic carbocycles. The number of hydrogen-bond donors (Lipinski definition) is 0. The Balaban J connectivity index is 1.69. The third-order valence-corrected chi connectivity index (χ3v) is 9.35. The molecule has 5 rings (SSSR count). The Labute approximate surface area is 246 Å². The first-order valence-corrected chi connectivity index (χ1v) is 13.4. The molecule has 1 saturated heterocycles. The van der Waals surface area contributed by atoms with Gasteiger partial charge in [0, 0.05) is 15.7 Å². The number of methoxy groups -OCH3 is 2. The lowest BCUT2D eigenvalue weighted by molar-refractivity contribution is -0.130. The number of benzene rings is 3. The van der Waals surface area contributed by atoms with Gasteiger partial charge >= 0.3 is 0 Å². The molecule has 7 nitrogen and oxygen atoms in total. The monoisotopic (exact) mass is 656 g/mol. The van der Waals surface area contributed by atoms with Gasteiger partial charge < -0.3 is 14.4 Å². The lowest BCUT2D eigenvalue weighted by atomic mass is 9.85. The topological polar surface area (TPSA) is 76.1 Å². The van der Waals surface area contributed by atoms with E-state index < -0.39 is 29.8 Å². The van der Waals surface area contributed by atoms with Crippen LogP contribution in [0.5, 0.6) is 11.5 Å². The van der Waals surface area contributed by atoms with Crippen molar-refractivity contribution in [1.29, 1.82) is 0 Å². The summed E-state index contributed by atoms with van der Waals surface area (Å²) in [6.45, 7) is 1.89. The van der Waals surface area contributed by atoms with Crippen molar-refractivity contribution in [3.05, 3.63) is 83.2 Å². The van der Waals surface area contributed by atoms with Crippen molar-refractivity contribution in [3.8, 4) is 11.5 Å². The highest BCUT2D eigenvalue weighted by molar-refractivity contribution is 9.10. The van der Waals surface area contributed by atoms with Gasteiger partial charge in [0.15, 0.2) is 0 Å². The Kier molecular flexibility index (Phi) is 7.07. The SMILES string of the molecule is COc1ccc(OC)c([C@H]2[C@@H](N3C(=O)c4c(Cl)c(Cl)c(Cl)c(Cl)c4C3=O)C(=O)N2c2ccc(Br)c(C)c2)c1. The second-order valence-corrected chi connectivity index (χ2v) is 11.0. The third kappa shape index (κ3) is 3.88. The van der Waals surface area contributed by atoms with Crippen LogP contribution in [0.15, 0.2) is 40.9 Å². The van der Waals surface area contributed by atoms with E-state index in [1.165, 1.54) is 19.1 Å². The Morgan fingerprint density at radius 1 is 0.763 bits per heavy atom. The minimum absolute atomic E-state index is 0.155. The number of hydrogen-bond acceptors (Lipinski definition) is 5. The average Bonchev–Trinajstić information content (AvgIpc) is 3.16. The molecule has 3 amide bonds. The van der Waals surface area contributed by atoms with Crippen LogP contribution in [0.25, 0.3) is 0 Å². The number of nitrogens with zero attached hydrogens (tertiary/aromatic N) is 2. The van der Waals surface area contributed by atoms with Gasteiger partial charge in [-0.3, -0.25) is 19.3 Å². The van der Waals surface area contributed by atoms with Crippen molar-refractivity contribution in [2.24, 2.45) is 0 Å². The first-order chi connectivity index (χ1) is 18.0. The first kappa shape index (κ1) is 27.1. The highest BCUT2D eigenvalue weighted by atomic mass is 79.9. The smallest absolute Gasteiger partial charge is 0.264 e. The van der Waals surface area contributed by atoms with Gasteiger partial charge in [-0.05, 0) is 48.9 Å². The number of carbonyl (C=O) groups is 3. The van der Waals surface area contributed by atoms with Crippen LogP contribution in [0, 0.1) is 6.92 Å². The summed E-state index contributed by atoms with van der Waals surface area (Å²) < 4.78 is 11.9. The summed E-state index contributed by atoms with van der Waals surface area (Å²) >= 11 is 28.5. The lowest BCUT2D eigenvalue weighted by Gasteiger charge is -2.50. The zero-order valence-corrected chi connectivity index (χ0v) is 24.6. The van der Waals surface area contributed by atoms with Gasteiger partial charge in [0.2, 0.25) is 0 Å². The summed E-state index contributed by atoms with van der Waals surface area (Å²) in [5.41, 5.74) is 1.59. The molecule has 0 radical (unpaired) electrons. The van der Waals surface area contributed by atoms with E-state index in [-0.39, 0.29) is 31.2 Å². The van der Waals surface area contributed by atoms with Gasteiger partial charge in [-0.25, -0.2) is 0 Å². The summed E-state index contributed by atoms with van der Waals surface area (Å²) in [6.07, 6.45) is 0. The number of imide groups is 1. The van der Waals surface area contributed by atoms with Gasteiger partial charge in [0.05, 0.1) is 51.5 Å². The highest BCUT2D eigenvalue weighted by Crippen LogP contribution is 2.51. The van der Waals surface area contributed by atoms with Crippen molar-refractivity contribution in [2.45, 2.75) is 19.0 Å². The van der Waals surface area contributed by atoms with Crippen LogP contribution in [0.3, 0.4) is 0 Å². The molecule has 0 saturated carbocycles. The lowest BCUT2D eigenvalue weighted by Crippen LogP contribution is -2.67. The van der Waals surface area contributed by atoms with Crippen LogP contribution in [0.1, 0.15) is 37.9 Å². The summed E-state index contributed by atoms with van der Waals surface area (Å²) in [5, 5.41) is -0.727. The molecule has 1 fully saturated rings. The maximum absolute atomic E-state index is 13.8.